The van der Waals surface area contributed by atoms with Crippen molar-refractivity contribution >= 4 is 11.3 Å². The van der Waals surface area contributed by atoms with E-state index in [4.69, 9.17) is 4.99 Å². The lowest BCUT2D eigenvalue weighted by Crippen LogP contribution is -1.97. The van der Waals surface area contributed by atoms with Crippen LogP contribution in [-0.2, 0) is 19.3 Å². The number of hydrogen-bond acceptors (Lipinski definition) is 1. The van der Waals surface area contributed by atoms with E-state index in [0.29, 0.717) is 0 Å². The van der Waals surface area contributed by atoms with Crippen molar-refractivity contribution in [3.63, 3.8) is 0 Å². The van der Waals surface area contributed by atoms with Gasteiger partial charge in [-0.1, -0.05) is 91.5 Å². The standard InChI is InChI=1S/C33H32FN/c1-4-6-28(7-5-2)29-16-18-30(19-17-29)33-22-24(3)32(35-33)23-27-12-10-25(11-13-27)8-9-26-14-20-31(34)21-15-26/h4-7,10-21H,1,8-9,22-23H2,2-3H3/b7-5-,28-6+. The van der Waals surface area contributed by atoms with Crippen LogP contribution in [0, 0.1) is 5.82 Å². The highest BCUT2D eigenvalue weighted by Gasteiger charge is 2.16. The van der Waals surface area contributed by atoms with Crippen molar-refractivity contribution in [3.8, 4) is 0 Å². The molecule has 2 heteroatoms. The van der Waals surface area contributed by atoms with Crippen LogP contribution >= 0.6 is 0 Å². The van der Waals surface area contributed by atoms with Gasteiger partial charge in [-0.05, 0) is 77.8 Å². The summed E-state index contributed by atoms with van der Waals surface area (Å²) < 4.78 is 13.1. The van der Waals surface area contributed by atoms with Crippen LogP contribution in [0.15, 0.2) is 120 Å². The van der Waals surface area contributed by atoms with Crippen LogP contribution in [0.25, 0.3) is 5.57 Å². The third kappa shape index (κ3) is 6.42. The van der Waals surface area contributed by atoms with Crippen LogP contribution in [0.2, 0.25) is 0 Å². The second-order valence-corrected chi connectivity index (χ2v) is 9.02. The van der Waals surface area contributed by atoms with Crippen molar-refractivity contribution in [1.82, 2.24) is 0 Å². The molecule has 1 nitrogen and oxygen atoms in total. The largest absolute Gasteiger partial charge is 0.257 e. The molecule has 0 aromatic heterocycles. The summed E-state index contributed by atoms with van der Waals surface area (Å²) in [4.78, 5) is 5.01. The lowest BCUT2D eigenvalue weighted by molar-refractivity contribution is 0.627. The Morgan fingerprint density at radius 3 is 2.09 bits per heavy atom. The van der Waals surface area contributed by atoms with Crippen LogP contribution < -0.4 is 0 Å². The third-order valence-corrected chi connectivity index (χ3v) is 6.40. The zero-order chi connectivity index (χ0) is 24.6. The Morgan fingerprint density at radius 2 is 1.49 bits per heavy atom. The van der Waals surface area contributed by atoms with E-state index in [2.05, 4.69) is 68.1 Å². The average Bonchev–Trinajstić information content (AvgIpc) is 3.24. The molecular formula is C33H32FN. The molecule has 0 radical (unpaired) electrons. The fourth-order valence-corrected chi connectivity index (χ4v) is 4.37. The summed E-state index contributed by atoms with van der Waals surface area (Å²) in [5.74, 6) is -0.184. The van der Waals surface area contributed by atoms with Gasteiger partial charge in [0, 0.05) is 18.5 Å². The Morgan fingerprint density at radius 1 is 0.886 bits per heavy atom. The first-order chi connectivity index (χ1) is 17.1. The van der Waals surface area contributed by atoms with E-state index < -0.39 is 0 Å². The van der Waals surface area contributed by atoms with Gasteiger partial charge >= 0.3 is 0 Å². The summed E-state index contributed by atoms with van der Waals surface area (Å²) >= 11 is 0. The van der Waals surface area contributed by atoms with Gasteiger partial charge in [0.15, 0.2) is 0 Å². The van der Waals surface area contributed by atoms with E-state index >= 15 is 0 Å². The van der Waals surface area contributed by atoms with E-state index in [-0.39, 0.29) is 5.82 Å². The van der Waals surface area contributed by atoms with Crippen LogP contribution in [0.3, 0.4) is 0 Å². The van der Waals surface area contributed by atoms with Crippen molar-refractivity contribution in [2.24, 2.45) is 4.99 Å². The molecule has 1 aliphatic rings. The maximum absolute atomic E-state index is 13.1. The highest BCUT2D eigenvalue weighted by atomic mass is 19.1. The van der Waals surface area contributed by atoms with Gasteiger partial charge in [0.05, 0.1) is 5.71 Å². The number of allylic oxidation sites excluding steroid dienone is 7. The topological polar surface area (TPSA) is 12.4 Å². The van der Waals surface area contributed by atoms with Gasteiger partial charge in [0.25, 0.3) is 0 Å². The third-order valence-electron chi connectivity index (χ3n) is 6.40. The lowest BCUT2D eigenvalue weighted by Gasteiger charge is -2.06. The van der Waals surface area contributed by atoms with Gasteiger partial charge < -0.3 is 0 Å². The first-order valence-corrected chi connectivity index (χ1v) is 12.2. The zero-order valence-corrected chi connectivity index (χ0v) is 20.6. The van der Waals surface area contributed by atoms with Gasteiger partial charge in [0.2, 0.25) is 0 Å². The minimum absolute atomic E-state index is 0.184. The fraction of sp³-hybridized carbons (Fsp3) is 0.182. The summed E-state index contributed by atoms with van der Waals surface area (Å²) in [5, 5.41) is 0. The van der Waals surface area contributed by atoms with E-state index in [1.807, 2.05) is 37.3 Å². The summed E-state index contributed by atoms with van der Waals surface area (Å²) in [5.41, 5.74) is 10.9. The molecule has 0 atom stereocenters. The molecule has 3 aromatic carbocycles. The number of hydrogen-bond donors (Lipinski definition) is 0. The highest BCUT2D eigenvalue weighted by Crippen LogP contribution is 2.27. The number of rotatable bonds is 9. The number of aliphatic imine (C=N–C) groups is 1. The predicted molar refractivity (Wildman–Crippen MR) is 147 cm³/mol. The number of aryl methyl sites for hydroxylation is 2. The van der Waals surface area contributed by atoms with Crippen LogP contribution in [0.1, 0.15) is 48.1 Å². The molecule has 0 saturated carbocycles. The highest BCUT2D eigenvalue weighted by molar-refractivity contribution is 6.04. The molecule has 0 unspecified atom stereocenters. The van der Waals surface area contributed by atoms with Gasteiger partial charge in [-0.2, -0.15) is 0 Å². The molecule has 0 N–H and O–H groups in total. The maximum Gasteiger partial charge on any atom is 0.123 e. The Labute approximate surface area is 208 Å². The molecular weight excluding hydrogens is 429 g/mol. The van der Waals surface area contributed by atoms with E-state index in [1.54, 1.807) is 0 Å². The van der Waals surface area contributed by atoms with Gasteiger partial charge in [-0.25, -0.2) is 4.39 Å². The summed E-state index contributed by atoms with van der Waals surface area (Å²) in [7, 11) is 0. The van der Waals surface area contributed by atoms with Crippen molar-refractivity contribution in [2.45, 2.75) is 39.5 Å². The average molecular weight is 462 g/mol. The molecule has 1 aliphatic heterocycles. The van der Waals surface area contributed by atoms with Gasteiger partial charge in [-0.3, -0.25) is 4.99 Å². The first-order valence-electron chi connectivity index (χ1n) is 12.2. The SMILES string of the molecule is C=C/C=C(\C=C/C)c1ccc(C2=NC(Cc3ccc(CCc4ccc(F)cc4)cc3)=C(C)C2)cc1. The molecule has 1 heterocycles. The predicted octanol–water partition coefficient (Wildman–Crippen LogP) is 8.47. The Kier molecular flexibility index (Phi) is 8.05. The monoisotopic (exact) mass is 461 g/mol. The molecule has 0 bridgehead atoms. The van der Waals surface area contributed by atoms with E-state index in [1.165, 1.54) is 45.7 Å². The Balaban J connectivity index is 1.39. The van der Waals surface area contributed by atoms with E-state index in [9.17, 15) is 4.39 Å². The zero-order valence-electron chi connectivity index (χ0n) is 20.6. The Hall–Kier alpha value is -3.78. The van der Waals surface area contributed by atoms with Gasteiger partial charge in [0.1, 0.15) is 5.82 Å². The molecule has 35 heavy (non-hydrogen) atoms. The molecule has 0 aliphatic carbocycles. The lowest BCUT2D eigenvalue weighted by atomic mass is 9.99. The molecule has 3 aromatic rings. The smallest absolute Gasteiger partial charge is 0.123 e. The molecule has 4 rings (SSSR count). The van der Waals surface area contributed by atoms with Crippen molar-refractivity contribution < 1.29 is 4.39 Å². The normalized spacial score (nSPS) is 14.0. The quantitative estimate of drug-likeness (QED) is 0.283. The second kappa shape index (κ2) is 11.6. The Bertz CT molecular complexity index is 1280. The molecule has 0 spiro atoms. The minimum Gasteiger partial charge on any atom is -0.257 e. The summed E-state index contributed by atoms with van der Waals surface area (Å²) in [6.45, 7) is 8.04. The molecule has 0 amide bonds. The van der Waals surface area contributed by atoms with E-state index in [0.717, 1.165) is 42.5 Å². The molecule has 176 valence electrons. The number of halogens is 1. The van der Waals surface area contributed by atoms with Crippen molar-refractivity contribution in [2.75, 3.05) is 0 Å². The molecule has 0 saturated heterocycles. The fourth-order valence-electron chi connectivity index (χ4n) is 4.37. The minimum atomic E-state index is -0.184. The van der Waals surface area contributed by atoms with Crippen LogP contribution in [0.4, 0.5) is 4.39 Å². The van der Waals surface area contributed by atoms with Crippen LogP contribution in [-0.4, -0.2) is 5.71 Å². The maximum atomic E-state index is 13.1. The van der Waals surface area contributed by atoms with Crippen LogP contribution in [0.5, 0.6) is 0 Å². The number of nitrogens with zero attached hydrogens (tertiary/aromatic N) is 1. The molecule has 0 fully saturated rings. The van der Waals surface area contributed by atoms with Crippen molar-refractivity contribution in [1.29, 1.82) is 0 Å². The summed E-state index contributed by atoms with van der Waals surface area (Å²) in [6.07, 6.45) is 11.6. The second-order valence-electron chi connectivity index (χ2n) is 9.02. The first kappa shape index (κ1) is 24.3. The van der Waals surface area contributed by atoms with Crippen molar-refractivity contribution in [3.05, 3.63) is 149 Å². The summed E-state index contributed by atoms with van der Waals surface area (Å²) in [6, 6.07) is 24.2. The number of benzene rings is 3. The van der Waals surface area contributed by atoms with Gasteiger partial charge in [-0.15, -0.1) is 0 Å².